The number of benzene rings is 2. The summed E-state index contributed by atoms with van der Waals surface area (Å²) < 4.78 is 76.1. The highest BCUT2D eigenvalue weighted by molar-refractivity contribution is 7.89. The number of ether oxygens (including phenoxy) is 3. The molecule has 0 amide bonds. The van der Waals surface area contributed by atoms with Crippen LogP contribution >= 0.6 is 0 Å². The van der Waals surface area contributed by atoms with Crippen molar-refractivity contribution in [2.75, 3.05) is 105 Å². The van der Waals surface area contributed by atoms with E-state index in [9.17, 15) is 16.8 Å². The Hall–Kier alpha value is -1.94. The van der Waals surface area contributed by atoms with Gasteiger partial charge >= 0.3 is 0 Å². The van der Waals surface area contributed by atoms with Gasteiger partial charge in [-0.05, 0) is 38.1 Å². The molecular formula is C30H46N4O7S2. The maximum atomic E-state index is 13.9. The molecule has 0 aliphatic carbocycles. The Morgan fingerprint density at radius 3 is 1.09 bits per heavy atom. The minimum Gasteiger partial charge on any atom is -0.379 e. The van der Waals surface area contributed by atoms with Crippen LogP contribution in [0, 0.1) is 13.8 Å². The van der Waals surface area contributed by atoms with Gasteiger partial charge < -0.3 is 14.2 Å². The van der Waals surface area contributed by atoms with E-state index in [0.717, 1.165) is 11.1 Å². The Balaban J connectivity index is 1.68. The molecule has 11 nitrogen and oxygen atoms in total. The van der Waals surface area contributed by atoms with Gasteiger partial charge in [-0.2, -0.15) is 8.61 Å². The molecule has 2 aromatic rings. The van der Waals surface area contributed by atoms with Gasteiger partial charge in [0, 0.05) is 65.4 Å². The predicted molar refractivity (Wildman–Crippen MR) is 165 cm³/mol. The Morgan fingerprint density at radius 2 is 0.744 bits per heavy atom. The zero-order valence-electron chi connectivity index (χ0n) is 25.4. The van der Waals surface area contributed by atoms with Crippen LogP contribution in [0.4, 0.5) is 0 Å². The molecule has 240 valence electrons. The molecule has 2 aromatic carbocycles. The van der Waals surface area contributed by atoms with Gasteiger partial charge in [-0.25, -0.2) is 16.8 Å². The molecule has 0 spiro atoms. The lowest BCUT2D eigenvalue weighted by molar-refractivity contribution is 0.0314. The van der Waals surface area contributed by atoms with E-state index in [0.29, 0.717) is 78.9 Å². The molecular weight excluding hydrogens is 592 g/mol. The first-order valence-electron chi connectivity index (χ1n) is 15.0. The fraction of sp³-hybridized carbons (Fsp3) is 0.600. The molecule has 0 aromatic heterocycles. The number of sulfonamides is 2. The third-order valence-corrected chi connectivity index (χ3v) is 11.7. The predicted octanol–water partition coefficient (Wildman–Crippen LogP) is 1.67. The van der Waals surface area contributed by atoms with Gasteiger partial charge in [0.2, 0.25) is 20.0 Å². The summed E-state index contributed by atoms with van der Waals surface area (Å²) in [7, 11) is -7.79. The lowest BCUT2D eigenvalue weighted by atomic mass is 10.2. The molecule has 2 bridgehead atoms. The van der Waals surface area contributed by atoms with E-state index in [1.165, 1.54) is 8.61 Å². The van der Waals surface area contributed by atoms with Crippen LogP contribution in [0.5, 0.6) is 0 Å². The van der Waals surface area contributed by atoms with Crippen molar-refractivity contribution in [2.45, 2.75) is 23.6 Å². The van der Waals surface area contributed by atoms with Crippen molar-refractivity contribution in [3.63, 3.8) is 0 Å². The summed E-state index contributed by atoms with van der Waals surface area (Å²) in [4.78, 5) is 4.65. The molecule has 2 aliphatic rings. The molecule has 2 heterocycles. The average Bonchev–Trinajstić information content (AvgIpc) is 2.99. The monoisotopic (exact) mass is 638 g/mol. The van der Waals surface area contributed by atoms with Gasteiger partial charge in [-0.3, -0.25) is 9.80 Å². The summed E-state index contributed by atoms with van der Waals surface area (Å²) in [6.45, 7) is 10.6. The standard InChI is InChI=1S/C30H46N4O7S2/c1-27-3-7-29(8-4-27)42(35,36)33-13-11-31-17-21-39-22-18-32(20-24-41-26-25-40-23-19-31)12-14-34(16-15-33)43(37,38)30-9-5-28(2)6-10-30/h3-10H,11-26H2,1-2H3. The van der Waals surface area contributed by atoms with E-state index in [1.54, 1.807) is 48.5 Å². The molecule has 13 heteroatoms. The molecule has 0 radical (unpaired) electrons. The van der Waals surface area contributed by atoms with Crippen LogP contribution in [0.3, 0.4) is 0 Å². The first-order valence-corrected chi connectivity index (χ1v) is 17.9. The van der Waals surface area contributed by atoms with Crippen LogP contribution in [0.2, 0.25) is 0 Å². The lowest BCUT2D eigenvalue weighted by Gasteiger charge is -2.30. The van der Waals surface area contributed by atoms with Crippen molar-refractivity contribution < 1.29 is 31.0 Å². The number of aryl methyl sites for hydroxylation is 2. The second-order valence-electron chi connectivity index (χ2n) is 11.0. The maximum absolute atomic E-state index is 13.9. The van der Waals surface area contributed by atoms with Crippen LogP contribution < -0.4 is 0 Å². The number of fused-ring (bicyclic) bond motifs is 6. The van der Waals surface area contributed by atoms with Crippen LogP contribution in [0.1, 0.15) is 11.1 Å². The fourth-order valence-corrected chi connectivity index (χ4v) is 7.87. The summed E-state index contributed by atoms with van der Waals surface area (Å²) in [6, 6.07) is 13.5. The number of nitrogens with zero attached hydrogens (tertiary/aromatic N) is 4. The van der Waals surface area contributed by atoms with E-state index in [4.69, 9.17) is 14.2 Å². The molecule has 2 aliphatic heterocycles. The number of hydrogen-bond donors (Lipinski definition) is 0. The molecule has 43 heavy (non-hydrogen) atoms. The van der Waals surface area contributed by atoms with E-state index >= 15 is 0 Å². The lowest BCUT2D eigenvalue weighted by Crippen LogP contribution is -2.46. The Morgan fingerprint density at radius 1 is 0.442 bits per heavy atom. The van der Waals surface area contributed by atoms with Crippen LogP contribution in [0.15, 0.2) is 58.3 Å². The SMILES string of the molecule is Cc1ccc(S(=O)(=O)N2CCN3CCOCCOCCN(CCOCC3)CCN(S(=O)(=O)c3ccc(C)cc3)CC2)cc1. The highest BCUT2D eigenvalue weighted by atomic mass is 32.2. The van der Waals surface area contributed by atoms with E-state index in [2.05, 4.69) is 9.80 Å². The minimum atomic E-state index is -3.89. The Labute approximate surface area is 257 Å². The first kappa shape index (κ1) is 33.9. The zero-order chi connectivity index (χ0) is 30.7. The molecule has 2 atom stereocenters. The summed E-state index contributed by atoms with van der Waals surface area (Å²) in [6.07, 6.45) is 0. The maximum Gasteiger partial charge on any atom is 0.243 e. The van der Waals surface area contributed by atoms with Crippen molar-refractivity contribution in [3.8, 4) is 0 Å². The summed E-state index contributed by atoms with van der Waals surface area (Å²) in [5.41, 5.74) is 1.92. The highest BCUT2D eigenvalue weighted by Gasteiger charge is 2.30. The minimum absolute atomic E-state index is 0.0191. The van der Waals surface area contributed by atoms with Crippen molar-refractivity contribution >= 4 is 20.0 Å². The van der Waals surface area contributed by atoms with E-state index in [-0.39, 0.29) is 36.0 Å². The van der Waals surface area contributed by atoms with Crippen molar-refractivity contribution in [1.82, 2.24) is 18.4 Å². The van der Waals surface area contributed by atoms with Crippen LogP contribution in [-0.4, -0.2) is 140 Å². The smallest absolute Gasteiger partial charge is 0.243 e. The second-order valence-corrected chi connectivity index (χ2v) is 14.8. The molecule has 2 saturated heterocycles. The van der Waals surface area contributed by atoms with Crippen LogP contribution in [-0.2, 0) is 34.3 Å². The molecule has 0 N–H and O–H groups in total. The second kappa shape index (κ2) is 16.4. The van der Waals surface area contributed by atoms with Gasteiger partial charge in [0.1, 0.15) is 0 Å². The van der Waals surface area contributed by atoms with Crippen molar-refractivity contribution in [3.05, 3.63) is 59.7 Å². The summed E-state index contributed by atoms with van der Waals surface area (Å²) in [5.74, 6) is 0. The number of hydrogen-bond acceptors (Lipinski definition) is 9. The quantitative estimate of drug-likeness (QED) is 0.462. The fourth-order valence-electron chi connectivity index (χ4n) is 5.02. The third-order valence-electron chi connectivity index (χ3n) is 7.83. The topological polar surface area (TPSA) is 109 Å². The van der Waals surface area contributed by atoms with Gasteiger partial charge in [0.15, 0.2) is 0 Å². The Bertz CT molecular complexity index is 1240. The van der Waals surface area contributed by atoms with Gasteiger partial charge in [-0.1, -0.05) is 35.4 Å². The normalized spacial score (nSPS) is 23.9. The zero-order valence-corrected chi connectivity index (χ0v) is 27.0. The number of rotatable bonds is 4. The highest BCUT2D eigenvalue weighted by Crippen LogP contribution is 2.20. The molecule has 0 saturated carbocycles. The van der Waals surface area contributed by atoms with Crippen molar-refractivity contribution in [1.29, 1.82) is 0 Å². The summed E-state index contributed by atoms with van der Waals surface area (Å²) >= 11 is 0. The van der Waals surface area contributed by atoms with Crippen LogP contribution in [0.25, 0.3) is 0 Å². The summed E-state index contributed by atoms with van der Waals surface area (Å²) in [5, 5.41) is 0. The van der Waals surface area contributed by atoms with Gasteiger partial charge in [0.25, 0.3) is 0 Å². The largest absolute Gasteiger partial charge is 0.379 e. The molecule has 4 rings (SSSR count). The Kier molecular flexibility index (Phi) is 12.9. The molecule has 2 fully saturated rings. The molecule has 2 unspecified atom stereocenters. The van der Waals surface area contributed by atoms with Gasteiger partial charge in [0.05, 0.1) is 49.4 Å². The first-order chi connectivity index (χ1) is 20.7. The van der Waals surface area contributed by atoms with E-state index in [1.807, 2.05) is 13.8 Å². The third kappa shape index (κ3) is 10.0. The van der Waals surface area contributed by atoms with Gasteiger partial charge in [-0.15, -0.1) is 0 Å². The van der Waals surface area contributed by atoms with Crippen molar-refractivity contribution in [2.24, 2.45) is 0 Å². The van der Waals surface area contributed by atoms with E-state index < -0.39 is 20.0 Å². The average molecular weight is 639 g/mol.